The lowest BCUT2D eigenvalue weighted by Crippen LogP contribution is -2.36. The number of amidine groups is 2. The van der Waals surface area contributed by atoms with Crippen molar-refractivity contribution in [1.29, 1.82) is 0 Å². The minimum atomic E-state index is 0. The number of thiophene rings is 1. The molecule has 1 aromatic heterocycles. The predicted octanol–water partition coefficient (Wildman–Crippen LogP) is 3.56. The Hall–Kier alpha value is -1.36. The van der Waals surface area contributed by atoms with Gasteiger partial charge >= 0.3 is 0 Å². The molecule has 108 valence electrons. The van der Waals surface area contributed by atoms with Crippen LogP contribution in [0.5, 0.6) is 0 Å². The Morgan fingerprint density at radius 1 is 1.21 bits per heavy atom. The number of hydrogen-bond donors (Lipinski definition) is 0. The average Bonchev–Trinajstić information content (AvgIpc) is 2.93. The Kier molecular flexibility index (Phi) is 6.02. The third kappa shape index (κ3) is 4.06. The van der Waals surface area contributed by atoms with Gasteiger partial charge in [-0.2, -0.15) is 0 Å². The fourth-order valence-electron chi connectivity index (χ4n) is 1.76. The third-order valence-electron chi connectivity index (χ3n) is 2.73. The molecule has 5 heteroatoms. The van der Waals surface area contributed by atoms with Crippen molar-refractivity contribution >= 4 is 28.0 Å². The maximum absolute atomic E-state index is 4.61. The molecule has 1 aromatic rings. The van der Waals surface area contributed by atoms with Gasteiger partial charge in [0.1, 0.15) is 17.8 Å². The monoisotopic (exact) mass is 282 g/mol. The summed E-state index contributed by atoms with van der Waals surface area (Å²) in [4.78, 5) is 13.3. The zero-order valence-electron chi connectivity index (χ0n) is 12.7. The molecule has 0 N–H and O–H groups in total. The summed E-state index contributed by atoms with van der Waals surface area (Å²) in [5.41, 5.74) is 0. The number of aliphatic imine (C=N–C) groups is 2. The fourth-order valence-corrected chi connectivity index (χ4v) is 2.48. The van der Waals surface area contributed by atoms with E-state index >= 15 is 0 Å². The molecule has 0 radical (unpaired) electrons. The second-order valence-electron chi connectivity index (χ2n) is 4.30. The zero-order chi connectivity index (χ0) is 14.4. The fraction of sp³-hybridized carbons (Fsp3) is 0.571. The lowest BCUT2D eigenvalue weighted by atomic mass is 10.2. The van der Waals surface area contributed by atoms with E-state index < -0.39 is 0 Å². The first-order chi connectivity index (χ1) is 9.08. The van der Waals surface area contributed by atoms with E-state index in [-0.39, 0.29) is 7.59 Å². The molecule has 0 amide bonds. The predicted molar refractivity (Wildman–Crippen MR) is 88.8 cm³/mol. The SMILES string of the molecule is CC.CC1N=C(N(C)C)CC(N(C)c2cccs2)=N1.[HH]. The molecule has 1 atom stereocenters. The van der Waals surface area contributed by atoms with Gasteiger partial charge in [0.15, 0.2) is 0 Å². The van der Waals surface area contributed by atoms with Gasteiger partial charge in [0.05, 0.1) is 11.4 Å². The van der Waals surface area contributed by atoms with Crippen molar-refractivity contribution in [3.8, 4) is 0 Å². The molecule has 1 unspecified atom stereocenters. The van der Waals surface area contributed by atoms with Crippen LogP contribution in [-0.2, 0) is 0 Å². The summed E-state index contributed by atoms with van der Waals surface area (Å²) >= 11 is 1.73. The standard InChI is InChI=1S/C12H18N4S.C2H6.H2/c1-9-13-10(15(2)3)8-11(14-9)16(4)12-6-5-7-17-12;1-2;/h5-7,9H,8H2,1-4H3;1-2H3;1H. The van der Waals surface area contributed by atoms with E-state index in [4.69, 9.17) is 0 Å². The normalized spacial score (nSPS) is 17.9. The van der Waals surface area contributed by atoms with Crippen molar-refractivity contribution < 1.29 is 1.43 Å². The Balaban J connectivity index is 0.00000115. The van der Waals surface area contributed by atoms with Gasteiger partial charge in [0, 0.05) is 22.6 Å². The van der Waals surface area contributed by atoms with Crippen molar-refractivity contribution in [3.05, 3.63) is 17.5 Å². The quantitative estimate of drug-likeness (QED) is 0.788. The van der Waals surface area contributed by atoms with Crippen molar-refractivity contribution in [2.75, 3.05) is 26.0 Å². The summed E-state index contributed by atoms with van der Waals surface area (Å²) in [7, 11) is 6.12. The Morgan fingerprint density at radius 2 is 1.84 bits per heavy atom. The van der Waals surface area contributed by atoms with Gasteiger partial charge in [-0.1, -0.05) is 13.8 Å². The minimum absolute atomic E-state index is 0. The summed E-state index contributed by atoms with van der Waals surface area (Å²) < 4.78 is 0. The first-order valence-corrected chi connectivity index (χ1v) is 7.54. The van der Waals surface area contributed by atoms with E-state index in [1.807, 2.05) is 34.9 Å². The van der Waals surface area contributed by atoms with Crippen molar-refractivity contribution in [2.24, 2.45) is 9.98 Å². The van der Waals surface area contributed by atoms with Crippen LogP contribution in [0, 0.1) is 0 Å². The highest BCUT2D eigenvalue weighted by Gasteiger charge is 2.19. The summed E-state index contributed by atoms with van der Waals surface area (Å²) in [5, 5.41) is 3.30. The summed E-state index contributed by atoms with van der Waals surface area (Å²) in [5.74, 6) is 2.17. The molecule has 19 heavy (non-hydrogen) atoms. The molecule has 0 saturated heterocycles. The number of nitrogens with zero attached hydrogens (tertiary/aromatic N) is 4. The van der Waals surface area contributed by atoms with Crippen LogP contribution in [0.15, 0.2) is 27.5 Å². The smallest absolute Gasteiger partial charge is 0.140 e. The molecule has 0 aromatic carbocycles. The summed E-state index contributed by atoms with van der Waals surface area (Å²) in [6, 6.07) is 4.17. The largest absolute Gasteiger partial charge is 0.366 e. The van der Waals surface area contributed by atoms with Crippen molar-refractivity contribution in [2.45, 2.75) is 33.4 Å². The molecular weight excluding hydrogens is 256 g/mol. The Bertz CT molecular complexity index is 440. The number of anilines is 1. The Morgan fingerprint density at radius 3 is 2.37 bits per heavy atom. The molecule has 0 aliphatic carbocycles. The molecule has 0 bridgehead atoms. The Labute approximate surface area is 122 Å². The molecule has 0 spiro atoms. The summed E-state index contributed by atoms with van der Waals surface area (Å²) in [6.07, 6.45) is 0.810. The van der Waals surface area contributed by atoms with Gasteiger partial charge in [-0.3, -0.25) is 0 Å². The van der Waals surface area contributed by atoms with Gasteiger partial charge in [0.25, 0.3) is 0 Å². The third-order valence-corrected chi connectivity index (χ3v) is 3.67. The van der Waals surface area contributed by atoms with Crippen LogP contribution in [0.25, 0.3) is 0 Å². The van der Waals surface area contributed by atoms with E-state index in [1.165, 1.54) is 5.00 Å². The molecule has 0 saturated carbocycles. The molecular formula is C14H26N4S. The topological polar surface area (TPSA) is 31.2 Å². The van der Waals surface area contributed by atoms with Crippen LogP contribution in [0.1, 0.15) is 28.6 Å². The van der Waals surface area contributed by atoms with E-state index in [1.54, 1.807) is 11.3 Å². The van der Waals surface area contributed by atoms with Gasteiger partial charge < -0.3 is 9.80 Å². The molecule has 4 nitrogen and oxygen atoms in total. The highest BCUT2D eigenvalue weighted by molar-refractivity contribution is 7.14. The second kappa shape index (κ2) is 7.28. The van der Waals surface area contributed by atoms with Crippen molar-refractivity contribution in [3.63, 3.8) is 0 Å². The van der Waals surface area contributed by atoms with E-state index in [2.05, 4.69) is 44.3 Å². The molecule has 2 heterocycles. The first kappa shape index (κ1) is 15.7. The highest BCUT2D eigenvalue weighted by atomic mass is 32.1. The maximum atomic E-state index is 4.61. The first-order valence-electron chi connectivity index (χ1n) is 6.66. The van der Waals surface area contributed by atoms with Gasteiger partial charge in [-0.05, 0) is 24.4 Å². The van der Waals surface area contributed by atoms with Crippen LogP contribution in [0.2, 0.25) is 0 Å². The van der Waals surface area contributed by atoms with Crippen LogP contribution < -0.4 is 4.90 Å². The number of rotatable bonds is 1. The van der Waals surface area contributed by atoms with Crippen LogP contribution >= 0.6 is 11.3 Å². The van der Waals surface area contributed by atoms with Crippen LogP contribution in [0.3, 0.4) is 0 Å². The van der Waals surface area contributed by atoms with E-state index in [0.717, 1.165) is 18.1 Å². The number of hydrogen-bond acceptors (Lipinski definition) is 5. The minimum Gasteiger partial charge on any atom is -0.366 e. The van der Waals surface area contributed by atoms with E-state index in [9.17, 15) is 0 Å². The molecule has 1 aliphatic heterocycles. The highest BCUT2D eigenvalue weighted by Crippen LogP contribution is 2.22. The second-order valence-corrected chi connectivity index (χ2v) is 5.23. The van der Waals surface area contributed by atoms with Crippen LogP contribution in [-0.4, -0.2) is 43.9 Å². The molecule has 1 aliphatic rings. The zero-order valence-corrected chi connectivity index (χ0v) is 13.5. The van der Waals surface area contributed by atoms with Gasteiger partial charge in [-0.15, -0.1) is 11.3 Å². The average molecular weight is 282 g/mol. The van der Waals surface area contributed by atoms with Crippen LogP contribution in [0.4, 0.5) is 5.00 Å². The molecule has 0 fully saturated rings. The lowest BCUT2D eigenvalue weighted by molar-refractivity contribution is 0.592. The molecule has 2 rings (SSSR count). The van der Waals surface area contributed by atoms with E-state index in [0.29, 0.717) is 0 Å². The lowest BCUT2D eigenvalue weighted by Gasteiger charge is -2.27. The maximum Gasteiger partial charge on any atom is 0.140 e. The van der Waals surface area contributed by atoms with Gasteiger partial charge in [-0.25, -0.2) is 9.98 Å². The van der Waals surface area contributed by atoms with Crippen molar-refractivity contribution in [1.82, 2.24) is 4.90 Å². The summed E-state index contributed by atoms with van der Waals surface area (Å²) in [6.45, 7) is 6.02. The van der Waals surface area contributed by atoms with Gasteiger partial charge in [0.2, 0.25) is 0 Å².